The van der Waals surface area contributed by atoms with Gasteiger partial charge in [0.1, 0.15) is 0 Å². The zero-order valence-corrected chi connectivity index (χ0v) is 9.44. The Morgan fingerprint density at radius 3 is 2.67 bits per heavy atom. The fourth-order valence-electron chi connectivity index (χ4n) is 2.07. The van der Waals surface area contributed by atoms with Gasteiger partial charge < -0.3 is 10.1 Å². The van der Waals surface area contributed by atoms with Gasteiger partial charge >= 0.3 is 0 Å². The smallest absolute Gasteiger partial charge is 0.0671 e. The van der Waals surface area contributed by atoms with Crippen LogP contribution < -0.4 is 5.32 Å². The van der Waals surface area contributed by atoms with Crippen LogP contribution in [0, 0.1) is 5.92 Å². The average Bonchev–Trinajstić information content (AvgIpc) is 2.43. The van der Waals surface area contributed by atoms with Crippen molar-refractivity contribution in [3.63, 3.8) is 0 Å². The molecule has 2 heteroatoms. The minimum absolute atomic E-state index is 0.321. The Morgan fingerprint density at radius 2 is 1.93 bits per heavy atom. The SMILES string of the molecule is CC1CNC(c2ccccc2)C(C)CO1. The molecule has 0 aliphatic carbocycles. The standard InChI is InChI=1S/C13H19NO/c1-10-9-15-11(2)8-14-13(10)12-6-4-3-5-7-12/h3-7,10-11,13-14H,8-9H2,1-2H3. The maximum atomic E-state index is 5.70. The molecule has 1 heterocycles. The van der Waals surface area contributed by atoms with Crippen molar-refractivity contribution in [3.05, 3.63) is 35.9 Å². The van der Waals surface area contributed by atoms with Crippen LogP contribution in [0.2, 0.25) is 0 Å². The molecule has 1 aromatic rings. The highest BCUT2D eigenvalue weighted by molar-refractivity contribution is 5.19. The molecule has 3 unspecified atom stereocenters. The molecule has 0 amide bonds. The van der Waals surface area contributed by atoms with E-state index < -0.39 is 0 Å². The highest BCUT2D eigenvalue weighted by Crippen LogP contribution is 2.24. The number of nitrogens with one attached hydrogen (secondary N) is 1. The van der Waals surface area contributed by atoms with Gasteiger partial charge in [0, 0.05) is 12.6 Å². The van der Waals surface area contributed by atoms with Crippen molar-refractivity contribution in [1.82, 2.24) is 5.32 Å². The Morgan fingerprint density at radius 1 is 1.20 bits per heavy atom. The summed E-state index contributed by atoms with van der Waals surface area (Å²) < 4.78 is 5.70. The van der Waals surface area contributed by atoms with E-state index in [1.54, 1.807) is 0 Å². The molecule has 0 saturated carbocycles. The summed E-state index contributed by atoms with van der Waals surface area (Å²) in [6.07, 6.45) is 0.321. The van der Waals surface area contributed by atoms with Gasteiger partial charge in [0.05, 0.1) is 12.7 Å². The second-order valence-electron chi connectivity index (χ2n) is 4.42. The van der Waals surface area contributed by atoms with Crippen LogP contribution in [0.4, 0.5) is 0 Å². The molecule has 82 valence electrons. The molecule has 15 heavy (non-hydrogen) atoms. The topological polar surface area (TPSA) is 21.3 Å². The first-order valence-electron chi connectivity index (χ1n) is 5.67. The molecule has 1 aliphatic rings. The Hall–Kier alpha value is -0.860. The third-order valence-corrected chi connectivity index (χ3v) is 3.00. The fourth-order valence-corrected chi connectivity index (χ4v) is 2.07. The van der Waals surface area contributed by atoms with Gasteiger partial charge in [-0.3, -0.25) is 0 Å². The number of benzene rings is 1. The maximum Gasteiger partial charge on any atom is 0.0671 e. The molecule has 1 aliphatic heterocycles. The van der Waals surface area contributed by atoms with Crippen LogP contribution in [0.15, 0.2) is 30.3 Å². The van der Waals surface area contributed by atoms with E-state index in [1.807, 2.05) is 0 Å². The summed E-state index contributed by atoms with van der Waals surface area (Å²) in [7, 11) is 0. The Kier molecular flexibility index (Phi) is 3.39. The third kappa shape index (κ3) is 2.58. The van der Waals surface area contributed by atoms with Gasteiger partial charge in [-0.2, -0.15) is 0 Å². The Balaban J connectivity index is 2.13. The van der Waals surface area contributed by atoms with E-state index in [4.69, 9.17) is 4.74 Å². The summed E-state index contributed by atoms with van der Waals surface area (Å²) >= 11 is 0. The third-order valence-electron chi connectivity index (χ3n) is 3.00. The molecule has 0 aromatic heterocycles. The summed E-state index contributed by atoms with van der Waals surface area (Å²) in [6, 6.07) is 11.0. The Bertz CT molecular complexity index is 299. The molecular formula is C13H19NO. The van der Waals surface area contributed by atoms with Gasteiger partial charge in [-0.25, -0.2) is 0 Å². The molecule has 1 saturated heterocycles. The van der Waals surface area contributed by atoms with E-state index in [1.165, 1.54) is 5.56 Å². The van der Waals surface area contributed by atoms with E-state index >= 15 is 0 Å². The van der Waals surface area contributed by atoms with Crippen molar-refractivity contribution in [2.24, 2.45) is 5.92 Å². The summed E-state index contributed by atoms with van der Waals surface area (Å²) in [6.45, 7) is 6.13. The summed E-state index contributed by atoms with van der Waals surface area (Å²) in [5.41, 5.74) is 1.36. The van der Waals surface area contributed by atoms with Crippen molar-refractivity contribution in [3.8, 4) is 0 Å². The summed E-state index contributed by atoms with van der Waals surface area (Å²) in [5, 5.41) is 3.57. The first kappa shape index (κ1) is 10.7. The van der Waals surface area contributed by atoms with Crippen molar-refractivity contribution < 1.29 is 4.74 Å². The van der Waals surface area contributed by atoms with Crippen LogP contribution in [-0.2, 0) is 4.74 Å². The number of hydrogen-bond donors (Lipinski definition) is 1. The van der Waals surface area contributed by atoms with Crippen molar-refractivity contribution in [2.75, 3.05) is 13.2 Å². The number of hydrogen-bond acceptors (Lipinski definition) is 2. The van der Waals surface area contributed by atoms with Crippen LogP contribution in [-0.4, -0.2) is 19.3 Å². The second-order valence-corrected chi connectivity index (χ2v) is 4.42. The van der Waals surface area contributed by atoms with Crippen molar-refractivity contribution in [2.45, 2.75) is 26.0 Å². The van der Waals surface area contributed by atoms with E-state index in [9.17, 15) is 0 Å². The van der Waals surface area contributed by atoms with Gasteiger partial charge in [0.2, 0.25) is 0 Å². The minimum Gasteiger partial charge on any atom is -0.377 e. The molecule has 3 atom stereocenters. The van der Waals surface area contributed by atoms with Crippen LogP contribution in [0.5, 0.6) is 0 Å². The Labute approximate surface area is 91.6 Å². The quantitative estimate of drug-likeness (QED) is 0.760. The average molecular weight is 205 g/mol. The summed E-state index contributed by atoms with van der Waals surface area (Å²) in [5.74, 6) is 0.525. The largest absolute Gasteiger partial charge is 0.377 e. The lowest BCUT2D eigenvalue weighted by Gasteiger charge is -2.21. The monoisotopic (exact) mass is 205 g/mol. The van der Waals surface area contributed by atoms with Crippen LogP contribution >= 0.6 is 0 Å². The first-order chi connectivity index (χ1) is 7.27. The van der Waals surface area contributed by atoms with Gasteiger partial charge in [-0.05, 0) is 18.4 Å². The van der Waals surface area contributed by atoms with E-state index in [2.05, 4.69) is 49.5 Å². The lowest BCUT2D eigenvalue weighted by Crippen LogP contribution is -2.28. The highest BCUT2D eigenvalue weighted by atomic mass is 16.5. The summed E-state index contributed by atoms with van der Waals surface area (Å²) in [4.78, 5) is 0. The lowest BCUT2D eigenvalue weighted by atomic mass is 9.95. The first-order valence-corrected chi connectivity index (χ1v) is 5.67. The van der Waals surface area contributed by atoms with Crippen molar-refractivity contribution in [1.29, 1.82) is 0 Å². The van der Waals surface area contributed by atoms with E-state index in [0.717, 1.165) is 13.2 Å². The number of rotatable bonds is 1. The molecule has 2 rings (SSSR count). The molecular weight excluding hydrogens is 186 g/mol. The molecule has 2 nitrogen and oxygen atoms in total. The predicted octanol–water partition coefficient (Wildman–Crippen LogP) is 2.37. The fraction of sp³-hybridized carbons (Fsp3) is 0.538. The van der Waals surface area contributed by atoms with Crippen LogP contribution in [0.25, 0.3) is 0 Å². The van der Waals surface area contributed by atoms with Gasteiger partial charge in [0.15, 0.2) is 0 Å². The molecule has 1 aromatic carbocycles. The maximum absolute atomic E-state index is 5.70. The molecule has 0 bridgehead atoms. The van der Waals surface area contributed by atoms with E-state index in [0.29, 0.717) is 18.1 Å². The molecule has 1 fully saturated rings. The molecule has 0 spiro atoms. The zero-order valence-electron chi connectivity index (χ0n) is 9.44. The van der Waals surface area contributed by atoms with Gasteiger partial charge in [-0.15, -0.1) is 0 Å². The second kappa shape index (κ2) is 4.77. The van der Waals surface area contributed by atoms with Crippen LogP contribution in [0.1, 0.15) is 25.5 Å². The zero-order chi connectivity index (χ0) is 10.7. The lowest BCUT2D eigenvalue weighted by molar-refractivity contribution is 0.0614. The van der Waals surface area contributed by atoms with Gasteiger partial charge in [-0.1, -0.05) is 37.3 Å². The molecule has 1 N–H and O–H groups in total. The molecule has 0 radical (unpaired) electrons. The predicted molar refractivity (Wildman–Crippen MR) is 61.8 cm³/mol. The van der Waals surface area contributed by atoms with Crippen molar-refractivity contribution >= 4 is 0 Å². The minimum atomic E-state index is 0.321. The number of ether oxygens (including phenoxy) is 1. The normalized spacial score (nSPS) is 32.3. The van der Waals surface area contributed by atoms with Gasteiger partial charge in [0.25, 0.3) is 0 Å². The van der Waals surface area contributed by atoms with Crippen LogP contribution in [0.3, 0.4) is 0 Å². The van der Waals surface area contributed by atoms with E-state index in [-0.39, 0.29) is 0 Å². The highest BCUT2D eigenvalue weighted by Gasteiger charge is 2.23.